The van der Waals surface area contributed by atoms with Crippen LogP contribution < -0.4 is 4.74 Å². The van der Waals surface area contributed by atoms with Crippen LogP contribution in [0.15, 0.2) is 84.9 Å². The van der Waals surface area contributed by atoms with E-state index in [2.05, 4.69) is 106 Å². The van der Waals surface area contributed by atoms with Crippen molar-refractivity contribution < 1.29 is 4.74 Å². The van der Waals surface area contributed by atoms with E-state index in [9.17, 15) is 0 Å². The monoisotopic (exact) mass is 444 g/mol. The van der Waals surface area contributed by atoms with Crippen LogP contribution in [0, 0.1) is 0 Å². The molecule has 2 aliphatic rings. The van der Waals surface area contributed by atoms with Gasteiger partial charge in [0.1, 0.15) is 5.75 Å². The third-order valence-electron chi connectivity index (χ3n) is 6.90. The molecule has 0 bridgehead atoms. The minimum absolute atomic E-state index is 0.364. The first-order valence-corrected chi connectivity index (χ1v) is 12.8. The second-order valence-corrected chi connectivity index (χ2v) is 9.99. The molecule has 0 radical (unpaired) electrons. The summed E-state index contributed by atoms with van der Waals surface area (Å²) in [7, 11) is 1.78. The van der Waals surface area contributed by atoms with Crippen molar-refractivity contribution in [3.63, 3.8) is 0 Å². The molecule has 2 heterocycles. The second-order valence-electron chi connectivity index (χ2n) is 8.84. The Morgan fingerprint density at radius 1 is 0.875 bits per heavy atom. The Morgan fingerprint density at radius 2 is 1.53 bits per heavy atom. The van der Waals surface area contributed by atoms with Crippen LogP contribution in [0.3, 0.4) is 0 Å². The zero-order valence-electron chi connectivity index (χ0n) is 18.8. The highest BCUT2D eigenvalue weighted by molar-refractivity contribution is 7.99. The summed E-state index contributed by atoms with van der Waals surface area (Å²) >= 11 is 2.11. The Hall–Kier alpha value is -2.27. The van der Waals surface area contributed by atoms with Crippen molar-refractivity contribution in [2.24, 2.45) is 0 Å². The second kappa shape index (κ2) is 10.1. The number of benzene rings is 3. The largest absolute Gasteiger partial charge is 0.496 e. The minimum atomic E-state index is 0.364. The van der Waals surface area contributed by atoms with E-state index in [0.717, 1.165) is 25.4 Å². The van der Waals surface area contributed by atoms with Gasteiger partial charge in [0.05, 0.1) is 7.11 Å². The number of ether oxygens (including phenoxy) is 1. The molecule has 0 aliphatic carbocycles. The SMILES string of the molecule is COc1ccccc1CN1CC2CSCCN2C(C(c2ccccc2)c2ccccc2)C1. The topological polar surface area (TPSA) is 15.7 Å². The number of piperazine rings is 1. The Kier molecular flexibility index (Phi) is 6.82. The summed E-state index contributed by atoms with van der Waals surface area (Å²) in [4.78, 5) is 5.48. The van der Waals surface area contributed by atoms with Gasteiger partial charge in [0.2, 0.25) is 0 Å². The molecule has 4 heteroatoms. The number of para-hydroxylation sites is 1. The zero-order valence-corrected chi connectivity index (χ0v) is 19.6. The number of rotatable bonds is 6. The van der Waals surface area contributed by atoms with Crippen molar-refractivity contribution in [3.05, 3.63) is 102 Å². The molecule has 5 rings (SSSR count). The molecule has 32 heavy (non-hydrogen) atoms. The average molecular weight is 445 g/mol. The van der Waals surface area contributed by atoms with E-state index in [4.69, 9.17) is 4.74 Å². The molecule has 0 N–H and O–H groups in total. The van der Waals surface area contributed by atoms with E-state index in [1.165, 1.54) is 34.7 Å². The van der Waals surface area contributed by atoms with Crippen LogP contribution in [0.4, 0.5) is 0 Å². The average Bonchev–Trinajstić information content (AvgIpc) is 2.86. The molecule has 166 valence electrons. The maximum atomic E-state index is 5.67. The summed E-state index contributed by atoms with van der Waals surface area (Å²) in [5, 5.41) is 0. The third kappa shape index (κ3) is 4.59. The van der Waals surface area contributed by atoms with Crippen molar-refractivity contribution in [1.29, 1.82) is 0 Å². The van der Waals surface area contributed by atoms with Gasteiger partial charge in [-0.3, -0.25) is 9.80 Å². The van der Waals surface area contributed by atoms with E-state index < -0.39 is 0 Å². The Morgan fingerprint density at radius 3 is 2.22 bits per heavy atom. The first-order chi connectivity index (χ1) is 15.8. The van der Waals surface area contributed by atoms with Crippen molar-refractivity contribution in [2.45, 2.75) is 24.5 Å². The number of thioether (sulfide) groups is 1. The number of hydrogen-bond acceptors (Lipinski definition) is 4. The molecule has 2 unspecified atom stereocenters. The number of hydrogen-bond donors (Lipinski definition) is 0. The van der Waals surface area contributed by atoms with Gasteiger partial charge in [-0.2, -0.15) is 11.8 Å². The van der Waals surface area contributed by atoms with Crippen LogP contribution in [0.2, 0.25) is 0 Å². The van der Waals surface area contributed by atoms with Gasteiger partial charge in [-0.1, -0.05) is 78.9 Å². The summed E-state index contributed by atoms with van der Waals surface area (Å²) in [6.07, 6.45) is 0. The molecule has 2 fully saturated rings. The van der Waals surface area contributed by atoms with Gasteiger partial charge in [0.15, 0.2) is 0 Å². The highest BCUT2D eigenvalue weighted by atomic mass is 32.2. The molecule has 2 atom stereocenters. The predicted molar refractivity (Wildman–Crippen MR) is 135 cm³/mol. The summed E-state index contributed by atoms with van der Waals surface area (Å²) in [6, 6.07) is 31.7. The predicted octanol–water partition coefficient (Wildman–Crippen LogP) is 5.13. The highest BCUT2D eigenvalue weighted by Crippen LogP contribution is 2.37. The van der Waals surface area contributed by atoms with Crippen LogP contribution in [-0.2, 0) is 6.54 Å². The van der Waals surface area contributed by atoms with Gasteiger partial charge in [-0.15, -0.1) is 0 Å². The van der Waals surface area contributed by atoms with Crippen LogP contribution in [-0.4, -0.2) is 60.1 Å². The molecule has 2 aliphatic heterocycles. The van der Waals surface area contributed by atoms with Crippen molar-refractivity contribution >= 4 is 11.8 Å². The first-order valence-electron chi connectivity index (χ1n) is 11.6. The Labute approximate surface area is 196 Å². The van der Waals surface area contributed by atoms with Gasteiger partial charge < -0.3 is 4.74 Å². The maximum absolute atomic E-state index is 5.67. The summed E-state index contributed by atoms with van der Waals surface area (Å²) in [5.41, 5.74) is 4.11. The van der Waals surface area contributed by atoms with Crippen molar-refractivity contribution in [2.75, 3.05) is 38.2 Å². The molecule has 3 aromatic rings. The quantitative estimate of drug-likeness (QED) is 0.524. The summed E-state index contributed by atoms with van der Waals surface area (Å²) in [5.74, 6) is 3.81. The molecular formula is C28H32N2OS. The third-order valence-corrected chi connectivity index (χ3v) is 7.99. The Balaban J connectivity index is 1.50. The fourth-order valence-electron chi connectivity index (χ4n) is 5.46. The lowest BCUT2D eigenvalue weighted by Gasteiger charge is -2.51. The van der Waals surface area contributed by atoms with Crippen LogP contribution in [0.1, 0.15) is 22.6 Å². The molecule has 0 spiro atoms. The van der Waals surface area contributed by atoms with Gasteiger partial charge in [-0.05, 0) is 17.2 Å². The first kappa shape index (κ1) is 21.6. The molecule has 3 nitrogen and oxygen atoms in total. The van der Waals surface area contributed by atoms with Crippen LogP contribution in [0.5, 0.6) is 5.75 Å². The molecule has 0 saturated carbocycles. The molecule has 2 saturated heterocycles. The van der Waals surface area contributed by atoms with Gasteiger partial charge >= 0.3 is 0 Å². The lowest BCUT2D eigenvalue weighted by molar-refractivity contribution is 0.0232. The van der Waals surface area contributed by atoms with Crippen LogP contribution >= 0.6 is 11.8 Å². The van der Waals surface area contributed by atoms with Crippen LogP contribution in [0.25, 0.3) is 0 Å². The number of nitrogens with zero attached hydrogens (tertiary/aromatic N) is 2. The number of fused-ring (bicyclic) bond motifs is 1. The van der Waals surface area contributed by atoms with Crippen molar-refractivity contribution in [1.82, 2.24) is 9.80 Å². The Bertz CT molecular complexity index is 957. The van der Waals surface area contributed by atoms with Crippen molar-refractivity contribution in [3.8, 4) is 5.75 Å². The fraction of sp³-hybridized carbons (Fsp3) is 0.357. The summed E-state index contributed by atoms with van der Waals surface area (Å²) in [6.45, 7) is 4.30. The normalized spacial score (nSPS) is 21.9. The smallest absolute Gasteiger partial charge is 0.123 e. The van der Waals surface area contributed by atoms with E-state index >= 15 is 0 Å². The van der Waals surface area contributed by atoms with Gasteiger partial charge in [0, 0.05) is 61.2 Å². The van der Waals surface area contributed by atoms with E-state index in [1.807, 2.05) is 0 Å². The zero-order chi connectivity index (χ0) is 21.8. The molecular weight excluding hydrogens is 412 g/mol. The molecule has 0 amide bonds. The summed E-state index contributed by atoms with van der Waals surface area (Å²) < 4.78 is 5.67. The molecule has 3 aromatic carbocycles. The lowest BCUT2D eigenvalue weighted by atomic mass is 9.82. The van der Waals surface area contributed by atoms with Gasteiger partial charge in [-0.25, -0.2) is 0 Å². The lowest BCUT2D eigenvalue weighted by Crippen LogP contribution is -2.62. The maximum Gasteiger partial charge on any atom is 0.123 e. The van der Waals surface area contributed by atoms with E-state index in [0.29, 0.717) is 18.0 Å². The number of methoxy groups -OCH3 is 1. The standard InChI is InChI=1S/C28H32N2OS/c1-31-27-15-9-8-14-24(27)18-29-19-25-21-32-17-16-30(25)26(20-29)28(22-10-4-2-5-11-22)23-12-6-3-7-13-23/h2-15,25-26,28H,16-21H2,1H3. The van der Waals surface area contributed by atoms with Gasteiger partial charge in [0.25, 0.3) is 0 Å². The molecule has 0 aromatic heterocycles. The highest BCUT2D eigenvalue weighted by Gasteiger charge is 2.40. The fourth-order valence-corrected chi connectivity index (χ4v) is 6.54. The minimum Gasteiger partial charge on any atom is -0.496 e. The van der Waals surface area contributed by atoms with E-state index in [1.54, 1.807) is 7.11 Å². The van der Waals surface area contributed by atoms with E-state index in [-0.39, 0.29) is 0 Å².